The van der Waals surface area contributed by atoms with Gasteiger partial charge in [-0.05, 0) is 56.2 Å². The van der Waals surface area contributed by atoms with E-state index in [1.54, 1.807) is 7.05 Å². The van der Waals surface area contributed by atoms with E-state index in [4.69, 9.17) is 14.2 Å². The van der Waals surface area contributed by atoms with Gasteiger partial charge in [-0.1, -0.05) is 18.6 Å². The molecule has 0 aromatic heterocycles. The highest BCUT2D eigenvalue weighted by Crippen LogP contribution is 2.23. The number of nitrogens with zero attached hydrogens (tertiary/aromatic N) is 1. The lowest BCUT2D eigenvalue weighted by atomic mass is 9.98. The minimum atomic E-state index is 0. The quantitative estimate of drug-likeness (QED) is 0.225. The van der Waals surface area contributed by atoms with Gasteiger partial charge >= 0.3 is 0 Å². The molecule has 0 radical (unpaired) electrons. The molecule has 0 spiro atoms. The highest BCUT2D eigenvalue weighted by atomic mass is 127. The van der Waals surface area contributed by atoms with Crippen molar-refractivity contribution in [2.45, 2.75) is 63.7 Å². The number of rotatable bonds is 9. The fourth-order valence-electron chi connectivity index (χ4n) is 3.64. The Morgan fingerprint density at radius 2 is 1.86 bits per heavy atom. The zero-order valence-electron chi connectivity index (χ0n) is 17.5. The first-order valence-corrected chi connectivity index (χ1v) is 10.7. The minimum Gasteiger partial charge on any atom is -0.490 e. The van der Waals surface area contributed by atoms with Crippen LogP contribution in [0.2, 0.25) is 0 Å². The van der Waals surface area contributed by atoms with Crippen LogP contribution >= 0.6 is 24.0 Å². The summed E-state index contributed by atoms with van der Waals surface area (Å²) in [6, 6.07) is 8.39. The van der Waals surface area contributed by atoms with E-state index in [1.165, 1.54) is 37.7 Å². The SMILES string of the molecule is CN=C(NCCCOC1CCOC1)NCc1ccc(OC2CCCCC2)cc1.I. The summed E-state index contributed by atoms with van der Waals surface area (Å²) >= 11 is 0. The maximum Gasteiger partial charge on any atom is 0.191 e. The van der Waals surface area contributed by atoms with E-state index in [0.717, 1.165) is 57.5 Å². The lowest BCUT2D eigenvalue weighted by Crippen LogP contribution is -2.37. The Morgan fingerprint density at radius 3 is 2.55 bits per heavy atom. The van der Waals surface area contributed by atoms with Crippen LogP contribution in [0.1, 0.15) is 50.5 Å². The molecule has 1 aliphatic carbocycles. The Labute approximate surface area is 192 Å². The standard InChI is InChI=1S/C22H35N3O3.HI/c1-23-22(24-13-5-14-27-21-12-15-26-17-21)25-16-18-8-10-20(11-9-18)28-19-6-3-2-4-7-19;/h8-11,19,21H,2-7,12-17H2,1H3,(H2,23,24,25);1H. The van der Waals surface area contributed by atoms with Crippen LogP contribution in [0, 0.1) is 0 Å². The molecule has 1 atom stereocenters. The van der Waals surface area contributed by atoms with E-state index in [1.807, 2.05) is 0 Å². The Bertz CT molecular complexity index is 585. The van der Waals surface area contributed by atoms with Gasteiger partial charge in [-0.15, -0.1) is 24.0 Å². The third-order valence-electron chi connectivity index (χ3n) is 5.32. The van der Waals surface area contributed by atoms with Crippen molar-refractivity contribution in [1.29, 1.82) is 0 Å². The first kappa shape index (κ1) is 24.2. The van der Waals surface area contributed by atoms with Crippen molar-refractivity contribution in [3.05, 3.63) is 29.8 Å². The predicted octanol–water partition coefficient (Wildman–Crippen LogP) is 3.88. The van der Waals surface area contributed by atoms with Crippen molar-refractivity contribution in [2.24, 2.45) is 4.99 Å². The maximum absolute atomic E-state index is 6.09. The van der Waals surface area contributed by atoms with E-state index in [9.17, 15) is 0 Å². The number of ether oxygens (including phenoxy) is 3. The molecule has 2 aliphatic rings. The normalized spacial score (nSPS) is 20.2. The predicted molar refractivity (Wildman–Crippen MR) is 127 cm³/mol. The molecule has 2 N–H and O–H groups in total. The van der Waals surface area contributed by atoms with E-state index < -0.39 is 0 Å². The summed E-state index contributed by atoms with van der Waals surface area (Å²) < 4.78 is 17.2. The lowest BCUT2D eigenvalue weighted by Gasteiger charge is -2.23. The van der Waals surface area contributed by atoms with Crippen LogP contribution in [0.25, 0.3) is 0 Å². The van der Waals surface area contributed by atoms with Crippen molar-refractivity contribution in [3.63, 3.8) is 0 Å². The molecule has 1 saturated carbocycles. The minimum absolute atomic E-state index is 0. The molecule has 1 aromatic rings. The number of hydrogen-bond acceptors (Lipinski definition) is 4. The van der Waals surface area contributed by atoms with Crippen LogP contribution in [0.4, 0.5) is 0 Å². The third-order valence-corrected chi connectivity index (χ3v) is 5.32. The average Bonchev–Trinajstić information content (AvgIpc) is 3.25. The van der Waals surface area contributed by atoms with Gasteiger partial charge in [0, 0.05) is 33.4 Å². The number of aliphatic imine (C=N–C) groups is 1. The Hall–Kier alpha value is -1.06. The summed E-state index contributed by atoms with van der Waals surface area (Å²) in [7, 11) is 1.79. The monoisotopic (exact) mass is 517 g/mol. The first-order chi connectivity index (χ1) is 13.8. The number of guanidine groups is 1. The van der Waals surface area contributed by atoms with Gasteiger partial charge in [-0.2, -0.15) is 0 Å². The Morgan fingerprint density at radius 1 is 1.07 bits per heavy atom. The van der Waals surface area contributed by atoms with Gasteiger partial charge < -0.3 is 24.8 Å². The maximum atomic E-state index is 6.09. The molecule has 1 aliphatic heterocycles. The van der Waals surface area contributed by atoms with Crippen molar-refractivity contribution >= 4 is 29.9 Å². The van der Waals surface area contributed by atoms with Crippen LogP contribution in [0.15, 0.2) is 29.3 Å². The van der Waals surface area contributed by atoms with Crippen molar-refractivity contribution in [1.82, 2.24) is 10.6 Å². The molecule has 1 saturated heterocycles. The van der Waals surface area contributed by atoms with Crippen LogP contribution in [-0.4, -0.2) is 51.6 Å². The van der Waals surface area contributed by atoms with Crippen LogP contribution in [0.5, 0.6) is 5.75 Å². The third kappa shape index (κ3) is 9.09. The molecule has 3 rings (SSSR count). The fourth-order valence-corrected chi connectivity index (χ4v) is 3.64. The van der Waals surface area contributed by atoms with Crippen LogP contribution in [0.3, 0.4) is 0 Å². The van der Waals surface area contributed by atoms with E-state index in [2.05, 4.69) is 39.9 Å². The molecule has 6 nitrogen and oxygen atoms in total. The molecule has 0 amide bonds. The smallest absolute Gasteiger partial charge is 0.191 e. The second-order valence-electron chi connectivity index (χ2n) is 7.58. The molecule has 0 bridgehead atoms. The summed E-state index contributed by atoms with van der Waals surface area (Å²) in [5.74, 6) is 1.79. The summed E-state index contributed by atoms with van der Waals surface area (Å²) in [4.78, 5) is 4.28. The number of hydrogen-bond donors (Lipinski definition) is 2. The van der Waals surface area contributed by atoms with Crippen LogP contribution < -0.4 is 15.4 Å². The van der Waals surface area contributed by atoms with Gasteiger partial charge in [0.15, 0.2) is 5.96 Å². The van der Waals surface area contributed by atoms with Gasteiger partial charge in [0.1, 0.15) is 5.75 Å². The van der Waals surface area contributed by atoms with E-state index >= 15 is 0 Å². The molecule has 2 fully saturated rings. The molecule has 164 valence electrons. The molecule has 1 heterocycles. The summed E-state index contributed by atoms with van der Waals surface area (Å²) in [6.07, 6.45) is 8.94. The second-order valence-corrected chi connectivity index (χ2v) is 7.58. The summed E-state index contributed by atoms with van der Waals surface area (Å²) in [5, 5.41) is 6.69. The molecule has 7 heteroatoms. The molecule has 1 aromatic carbocycles. The lowest BCUT2D eigenvalue weighted by molar-refractivity contribution is 0.0420. The number of nitrogens with one attached hydrogen (secondary N) is 2. The zero-order chi connectivity index (χ0) is 19.4. The van der Waals surface area contributed by atoms with Gasteiger partial charge in [-0.3, -0.25) is 4.99 Å². The molecule has 29 heavy (non-hydrogen) atoms. The summed E-state index contributed by atoms with van der Waals surface area (Å²) in [6.45, 7) is 3.88. The Balaban J connectivity index is 0.00000300. The largest absolute Gasteiger partial charge is 0.490 e. The molecular formula is C22H36IN3O3. The Kier molecular flexibility index (Phi) is 11.7. The van der Waals surface area contributed by atoms with Gasteiger partial charge in [0.2, 0.25) is 0 Å². The first-order valence-electron chi connectivity index (χ1n) is 10.7. The second kappa shape index (κ2) is 14.0. The number of benzene rings is 1. The topological polar surface area (TPSA) is 64.1 Å². The highest BCUT2D eigenvalue weighted by Gasteiger charge is 2.15. The molecule has 1 unspecified atom stereocenters. The molecular weight excluding hydrogens is 481 g/mol. The zero-order valence-corrected chi connectivity index (χ0v) is 19.9. The van der Waals surface area contributed by atoms with E-state index in [0.29, 0.717) is 6.10 Å². The van der Waals surface area contributed by atoms with Gasteiger partial charge in [0.05, 0.1) is 18.8 Å². The number of halogens is 1. The summed E-state index contributed by atoms with van der Waals surface area (Å²) in [5.41, 5.74) is 1.21. The van der Waals surface area contributed by atoms with Crippen molar-refractivity contribution < 1.29 is 14.2 Å². The van der Waals surface area contributed by atoms with Gasteiger partial charge in [-0.25, -0.2) is 0 Å². The van der Waals surface area contributed by atoms with Crippen molar-refractivity contribution in [2.75, 3.05) is 33.4 Å². The van der Waals surface area contributed by atoms with Crippen molar-refractivity contribution in [3.8, 4) is 5.75 Å². The van der Waals surface area contributed by atoms with E-state index in [-0.39, 0.29) is 30.1 Å². The average molecular weight is 517 g/mol. The van der Waals surface area contributed by atoms with Crippen LogP contribution in [-0.2, 0) is 16.0 Å². The van der Waals surface area contributed by atoms with Gasteiger partial charge in [0.25, 0.3) is 0 Å². The fraction of sp³-hybridized carbons (Fsp3) is 0.682. The highest BCUT2D eigenvalue weighted by molar-refractivity contribution is 14.0.